The number of benzene rings is 3. The van der Waals surface area contributed by atoms with E-state index < -0.39 is 5.97 Å². The second-order valence-corrected chi connectivity index (χ2v) is 9.15. The first-order valence-corrected chi connectivity index (χ1v) is 12.3. The molecule has 0 aliphatic heterocycles. The van der Waals surface area contributed by atoms with Crippen molar-refractivity contribution in [3.05, 3.63) is 102 Å². The average molecular weight is 473 g/mol. The van der Waals surface area contributed by atoms with Crippen LogP contribution in [0.3, 0.4) is 0 Å². The average Bonchev–Trinajstić information content (AvgIpc) is 3.19. The van der Waals surface area contributed by atoms with E-state index in [1.165, 1.54) is 0 Å². The lowest BCUT2D eigenvalue weighted by molar-refractivity contribution is 0.0697. The maximum Gasteiger partial charge on any atom is 0.336 e. The summed E-state index contributed by atoms with van der Waals surface area (Å²) in [7, 11) is 0. The molecule has 0 saturated carbocycles. The number of aliphatic hydroxyl groups is 1. The van der Waals surface area contributed by atoms with Crippen LogP contribution in [0.5, 0.6) is 0 Å². The maximum atomic E-state index is 11.6. The molecule has 4 rings (SSSR count). The predicted octanol–water partition coefficient (Wildman–Crippen LogP) is 6.28. The van der Waals surface area contributed by atoms with Gasteiger partial charge in [-0.2, -0.15) is 0 Å². The van der Waals surface area contributed by atoms with Gasteiger partial charge in [-0.1, -0.05) is 85.8 Å². The van der Waals surface area contributed by atoms with E-state index in [4.69, 9.17) is 4.98 Å². The second kappa shape index (κ2) is 11.2. The Labute approximate surface area is 204 Å². The molecule has 6 heteroatoms. The number of nitrogens with zero attached hydrogens (tertiary/aromatic N) is 2. The number of carboxylic acids is 1. The van der Waals surface area contributed by atoms with Crippen molar-refractivity contribution in [2.75, 3.05) is 0 Å². The van der Waals surface area contributed by atoms with E-state index in [-0.39, 0.29) is 12.2 Å². The van der Waals surface area contributed by atoms with Gasteiger partial charge in [0, 0.05) is 17.9 Å². The molecule has 5 nitrogen and oxygen atoms in total. The van der Waals surface area contributed by atoms with Crippen LogP contribution in [0, 0.1) is 0 Å². The fourth-order valence-corrected chi connectivity index (χ4v) is 4.91. The van der Waals surface area contributed by atoms with Gasteiger partial charge in [-0.15, -0.1) is 0 Å². The molecule has 0 radical (unpaired) electrons. The molecule has 1 heterocycles. The molecule has 0 saturated heterocycles. The molecule has 1 aromatic heterocycles. The molecule has 0 amide bonds. The first kappa shape index (κ1) is 23.8. The smallest absolute Gasteiger partial charge is 0.336 e. The molecular formula is C28H28N2O3S. The SMILES string of the molecule is CCCCc1nc(Sc2ccccc2)c(CO)n1Cc1ccc(-c2ccccc2C(=O)O)cc1. The van der Waals surface area contributed by atoms with E-state index in [2.05, 4.69) is 11.5 Å². The third-order valence-electron chi connectivity index (χ3n) is 5.74. The molecule has 174 valence electrons. The number of unbranched alkanes of at least 4 members (excludes halogenated alkanes) is 1. The van der Waals surface area contributed by atoms with Gasteiger partial charge >= 0.3 is 5.97 Å². The van der Waals surface area contributed by atoms with Crippen LogP contribution >= 0.6 is 11.8 Å². The van der Waals surface area contributed by atoms with Crippen LogP contribution in [0.25, 0.3) is 11.1 Å². The van der Waals surface area contributed by atoms with Crippen molar-refractivity contribution < 1.29 is 15.0 Å². The van der Waals surface area contributed by atoms with Crippen molar-refractivity contribution in [1.82, 2.24) is 9.55 Å². The summed E-state index contributed by atoms with van der Waals surface area (Å²) in [4.78, 5) is 17.6. The Bertz CT molecular complexity index is 1250. The highest BCUT2D eigenvalue weighted by Crippen LogP contribution is 2.32. The highest BCUT2D eigenvalue weighted by molar-refractivity contribution is 7.99. The number of rotatable bonds is 10. The van der Waals surface area contributed by atoms with Gasteiger partial charge in [0.1, 0.15) is 10.9 Å². The number of hydrogen-bond acceptors (Lipinski definition) is 4. The zero-order chi connectivity index (χ0) is 23.9. The Kier molecular flexibility index (Phi) is 7.83. The number of aromatic nitrogens is 2. The van der Waals surface area contributed by atoms with E-state index in [0.717, 1.165) is 51.8 Å². The minimum Gasteiger partial charge on any atom is -0.478 e. The van der Waals surface area contributed by atoms with Gasteiger partial charge in [0.2, 0.25) is 0 Å². The molecule has 0 fully saturated rings. The maximum absolute atomic E-state index is 11.6. The van der Waals surface area contributed by atoms with Crippen molar-refractivity contribution >= 4 is 17.7 Å². The lowest BCUT2D eigenvalue weighted by atomic mass is 9.99. The van der Waals surface area contributed by atoms with Crippen molar-refractivity contribution in [3.63, 3.8) is 0 Å². The summed E-state index contributed by atoms with van der Waals surface area (Å²) in [6.07, 6.45) is 2.95. The fraction of sp³-hybridized carbons (Fsp3) is 0.214. The normalized spacial score (nSPS) is 11.0. The van der Waals surface area contributed by atoms with Crippen LogP contribution in [-0.4, -0.2) is 25.7 Å². The minimum atomic E-state index is -0.935. The Morgan fingerprint density at radius 3 is 2.35 bits per heavy atom. The summed E-state index contributed by atoms with van der Waals surface area (Å²) in [5, 5.41) is 20.6. The summed E-state index contributed by atoms with van der Waals surface area (Å²) in [6.45, 7) is 2.67. The molecule has 4 aromatic rings. The highest BCUT2D eigenvalue weighted by Gasteiger charge is 2.18. The zero-order valence-corrected chi connectivity index (χ0v) is 20.0. The number of aromatic carboxylic acids is 1. The van der Waals surface area contributed by atoms with Gasteiger partial charge in [0.25, 0.3) is 0 Å². The molecule has 0 aliphatic carbocycles. The fourth-order valence-electron chi connectivity index (χ4n) is 3.95. The van der Waals surface area contributed by atoms with E-state index >= 15 is 0 Å². The van der Waals surface area contributed by atoms with Gasteiger partial charge in [0.15, 0.2) is 0 Å². The Hall–Kier alpha value is -3.35. The van der Waals surface area contributed by atoms with Gasteiger partial charge in [0.05, 0.1) is 17.9 Å². The minimum absolute atomic E-state index is 0.0850. The van der Waals surface area contributed by atoms with Crippen molar-refractivity contribution in [2.45, 2.75) is 49.3 Å². The largest absolute Gasteiger partial charge is 0.478 e. The zero-order valence-electron chi connectivity index (χ0n) is 19.1. The quantitative estimate of drug-likeness (QED) is 0.284. The van der Waals surface area contributed by atoms with E-state index in [1.54, 1.807) is 23.9 Å². The monoisotopic (exact) mass is 472 g/mol. The van der Waals surface area contributed by atoms with Crippen molar-refractivity contribution in [3.8, 4) is 11.1 Å². The third kappa shape index (κ3) is 5.41. The van der Waals surface area contributed by atoms with Crippen LogP contribution in [0.4, 0.5) is 0 Å². The van der Waals surface area contributed by atoms with Crippen LogP contribution in [0.2, 0.25) is 0 Å². The Morgan fingerprint density at radius 2 is 1.68 bits per heavy atom. The summed E-state index contributed by atoms with van der Waals surface area (Å²) < 4.78 is 2.13. The molecule has 3 aromatic carbocycles. The van der Waals surface area contributed by atoms with Crippen LogP contribution in [-0.2, 0) is 19.6 Å². The van der Waals surface area contributed by atoms with Gasteiger partial charge < -0.3 is 14.8 Å². The Balaban J connectivity index is 1.64. The Morgan fingerprint density at radius 1 is 0.971 bits per heavy atom. The standard InChI is InChI=1S/C28H28N2O3S/c1-2-3-13-26-29-27(34-22-9-5-4-6-10-22)25(19-31)30(26)18-20-14-16-21(17-15-20)23-11-7-8-12-24(23)28(32)33/h4-12,14-17,31H,2-3,13,18-19H2,1H3,(H,32,33). The van der Waals surface area contributed by atoms with Crippen molar-refractivity contribution in [1.29, 1.82) is 0 Å². The predicted molar refractivity (Wildman–Crippen MR) is 135 cm³/mol. The van der Waals surface area contributed by atoms with Gasteiger partial charge in [-0.3, -0.25) is 0 Å². The first-order valence-electron chi connectivity index (χ1n) is 11.4. The molecule has 0 atom stereocenters. The summed E-state index contributed by atoms with van der Waals surface area (Å²) in [5.41, 5.74) is 3.74. The third-order valence-corrected chi connectivity index (χ3v) is 6.77. The summed E-state index contributed by atoms with van der Waals surface area (Å²) >= 11 is 1.57. The second-order valence-electron chi connectivity index (χ2n) is 8.09. The summed E-state index contributed by atoms with van der Waals surface area (Å²) in [5.74, 6) is 0.0410. The van der Waals surface area contributed by atoms with Gasteiger partial charge in [-0.25, -0.2) is 9.78 Å². The van der Waals surface area contributed by atoms with Crippen molar-refractivity contribution in [2.24, 2.45) is 0 Å². The molecule has 2 N–H and O–H groups in total. The molecule has 0 spiro atoms. The first-order chi connectivity index (χ1) is 16.6. The molecule has 34 heavy (non-hydrogen) atoms. The van der Waals surface area contributed by atoms with Crippen LogP contribution in [0.15, 0.2) is 88.8 Å². The topological polar surface area (TPSA) is 75.4 Å². The van der Waals surface area contributed by atoms with Crippen LogP contribution in [0.1, 0.15) is 47.2 Å². The number of carbonyl (C=O) groups is 1. The molecule has 0 unspecified atom stereocenters. The molecule has 0 aliphatic rings. The lowest BCUT2D eigenvalue weighted by Gasteiger charge is -2.13. The van der Waals surface area contributed by atoms with Crippen LogP contribution < -0.4 is 0 Å². The number of imidazole rings is 1. The lowest BCUT2D eigenvalue weighted by Crippen LogP contribution is -2.09. The summed E-state index contributed by atoms with van der Waals surface area (Å²) in [6, 6.07) is 25.1. The van der Waals surface area contributed by atoms with Gasteiger partial charge in [-0.05, 0) is 41.3 Å². The number of carboxylic acid groups (broad SMARTS) is 1. The number of aliphatic hydroxyl groups excluding tert-OH is 1. The molecular weight excluding hydrogens is 444 g/mol. The number of hydrogen-bond donors (Lipinski definition) is 2. The van der Waals surface area contributed by atoms with E-state index in [9.17, 15) is 15.0 Å². The number of aryl methyl sites for hydroxylation is 1. The van der Waals surface area contributed by atoms with E-state index in [0.29, 0.717) is 12.1 Å². The highest BCUT2D eigenvalue weighted by atomic mass is 32.2. The van der Waals surface area contributed by atoms with E-state index in [1.807, 2.05) is 66.7 Å². The molecule has 0 bridgehead atoms.